The Morgan fingerprint density at radius 1 is 1.00 bits per heavy atom. The standard InChI is InChI=1S/C20H25NO3/c1-3-21(4-2)18(19(22)16-11-7-5-8-12-16)15-24-20(23)17-13-9-6-10-14-17/h5-14,18-19,22H,3-4,15H2,1-2H3. The Morgan fingerprint density at radius 3 is 2.08 bits per heavy atom. The highest BCUT2D eigenvalue weighted by Gasteiger charge is 2.27. The first-order valence-electron chi connectivity index (χ1n) is 8.36. The lowest BCUT2D eigenvalue weighted by molar-refractivity contribution is -0.00177. The minimum absolute atomic E-state index is 0.144. The molecule has 2 atom stereocenters. The first-order chi connectivity index (χ1) is 11.7. The maximum atomic E-state index is 12.2. The highest BCUT2D eigenvalue weighted by Crippen LogP contribution is 2.21. The summed E-state index contributed by atoms with van der Waals surface area (Å²) in [5.74, 6) is -0.368. The molecule has 2 unspecified atom stereocenters. The van der Waals surface area contributed by atoms with Gasteiger partial charge in [0.2, 0.25) is 0 Å². The number of carbonyl (C=O) groups excluding carboxylic acids is 1. The minimum Gasteiger partial charge on any atom is -0.460 e. The molecule has 0 aromatic heterocycles. The maximum Gasteiger partial charge on any atom is 0.338 e. The number of ether oxygens (including phenoxy) is 1. The molecular formula is C20H25NO3. The van der Waals surface area contributed by atoms with Crippen molar-refractivity contribution in [1.82, 2.24) is 4.90 Å². The second kappa shape index (κ2) is 9.21. The van der Waals surface area contributed by atoms with Crippen LogP contribution in [0.25, 0.3) is 0 Å². The van der Waals surface area contributed by atoms with Crippen LogP contribution in [-0.4, -0.2) is 41.7 Å². The van der Waals surface area contributed by atoms with Crippen LogP contribution in [0.3, 0.4) is 0 Å². The predicted molar refractivity (Wildman–Crippen MR) is 94.8 cm³/mol. The van der Waals surface area contributed by atoms with Gasteiger partial charge in [-0.2, -0.15) is 0 Å². The topological polar surface area (TPSA) is 49.8 Å². The average molecular weight is 327 g/mol. The zero-order valence-electron chi connectivity index (χ0n) is 14.3. The van der Waals surface area contributed by atoms with Crippen molar-refractivity contribution in [1.29, 1.82) is 0 Å². The van der Waals surface area contributed by atoms with E-state index >= 15 is 0 Å². The lowest BCUT2D eigenvalue weighted by Crippen LogP contribution is -2.43. The number of nitrogens with zero attached hydrogens (tertiary/aromatic N) is 1. The largest absolute Gasteiger partial charge is 0.460 e. The molecule has 0 amide bonds. The molecule has 24 heavy (non-hydrogen) atoms. The zero-order chi connectivity index (χ0) is 17.4. The van der Waals surface area contributed by atoms with Gasteiger partial charge in [-0.15, -0.1) is 0 Å². The highest BCUT2D eigenvalue weighted by molar-refractivity contribution is 5.89. The number of esters is 1. The third-order valence-corrected chi connectivity index (χ3v) is 4.18. The van der Waals surface area contributed by atoms with Gasteiger partial charge in [0, 0.05) is 0 Å². The van der Waals surface area contributed by atoms with Crippen LogP contribution >= 0.6 is 0 Å². The summed E-state index contributed by atoms with van der Waals surface area (Å²) in [4.78, 5) is 14.3. The number of benzene rings is 2. The molecule has 0 fully saturated rings. The van der Waals surface area contributed by atoms with Gasteiger partial charge in [0.25, 0.3) is 0 Å². The molecule has 0 aliphatic rings. The predicted octanol–water partition coefficient (Wildman–Crippen LogP) is 3.29. The first kappa shape index (κ1) is 18.2. The van der Waals surface area contributed by atoms with Crippen LogP contribution in [0.5, 0.6) is 0 Å². The van der Waals surface area contributed by atoms with E-state index in [9.17, 15) is 9.90 Å². The van der Waals surface area contributed by atoms with Gasteiger partial charge >= 0.3 is 5.97 Å². The van der Waals surface area contributed by atoms with E-state index in [2.05, 4.69) is 4.90 Å². The molecule has 0 radical (unpaired) electrons. The molecule has 0 aliphatic carbocycles. The third-order valence-electron chi connectivity index (χ3n) is 4.18. The fourth-order valence-electron chi connectivity index (χ4n) is 2.78. The average Bonchev–Trinajstić information content (AvgIpc) is 2.65. The number of aliphatic hydroxyl groups excluding tert-OH is 1. The van der Waals surface area contributed by atoms with Crippen LogP contribution < -0.4 is 0 Å². The second-order valence-electron chi connectivity index (χ2n) is 5.61. The van der Waals surface area contributed by atoms with Crippen LogP contribution in [0.15, 0.2) is 60.7 Å². The summed E-state index contributed by atoms with van der Waals surface area (Å²) in [5.41, 5.74) is 1.34. The quantitative estimate of drug-likeness (QED) is 0.756. The Balaban J connectivity index is 2.10. The van der Waals surface area contributed by atoms with Crippen LogP contribution in [-0.2, 0) is 4.74 Å². The van der Waals surface area contributed by atoms with Gasteiger partial charge in [0.1, 0.15) is 6.61 Å². The van der Waals surface area contributed by atoms with Crippen molar-refractivity contribution in [2.75, 3.05) is 19.7 Å². The van der Waals surface area contributed by atoms with E-state index in [0.717, 1.165) is 18.7 Å². The second-order valence-corrected chi connectivity index (χ2v) is 5.61. The molecule has 2 rings (SSSR count). The summed E-state index contributed by atoms with van der Waals surface area (Å²) in [6.07, 6.45) is -0.713. The Bertz CT molecular complexity index is 611. The molecule has 128 valence electrons. The molecule has 0 heterocycles. The van der Waals surface area contributed by atoms with Gasteiger partial charge in [-0.25, -0.2) is 4.79 Å². The molecule has 1 N–H and O–H groups in total. The Morgan fingerprint density at radius 2 is 1.54 bits per heavy atom. The van der Waals surface area contributed by atoms with E-state index in [1.165, 1.54) is 0 Å². The molecule has 0 saturated heterocycles. The summed E-state index contributed by atoms with van der Waals surface area (Å²) in [6, 6.07) is 18.1. The van der Waals surface area contributed by atoms with E-state index < -0.39 is 6.10 Å². The number of hydrogen-bond donors (Lipinski definition) is 1. The van der Waals surface area contributed by atoms with Crippen molar-refractivity contribution < 1.29 is 14.6 Å². The summed E-state index contributed by atoms with van der Waals surface area (Å²) in [5, 5.41) is 10.8. The number of rotatable bonds is 8. The number of likely N-dealkylation sites (N-methyl/N-ethyl adjacent to an activating group) is 1. The molecule has 0 aliphatic heterocycles. The lowest BCUT2D eigenvalue weighted by atomic mass is 10.0. The van der Waals surface area contributed by atoms with Crippen LogP contribution in [0.1, 0.15) is 35.9 Å². The Labute approximate surface area is 143 Å². The molecule has 0 bridgehead atoms. The van der Waals surface area contributed by atoms with E-state index in [1.807, 2.05) is 50.2 Å². The van der Waals surface area contributed by atoms with Crippen molar-refractivity contribution in [2.45, 2.75) is 26.0 Å². The van der Waals surface area contributed by atoms with Crippen molar-refractivity contribution in [3.63, 3.8) is 0 Å². The van der Waals surface area contributed by atoms with E-state index in [4.69, 9.17) is 4.74 Å². The summed E-state index contributed by atoms with van der Waals surface area (Å²) in [7, 11) is 0. The summed E-state index contributed by atoms with van der Waals surface area (Å²) >= 11 is 0. The van der Waals surface area contributed by atoms with E-state index in [0.29, 0.717) is 5.56 Å². The molecule has 2 aromatic carbocycles. The van der Waals surface area contributed by atoms with Crippen molar-refractivity contribution in [2.24, 2.45) is 0 Å². The van der Waals surface area contributed by atoms with Gasteiger partial charge in [0.15, 0.2) is 0 Å². The minimum atomic E-state index is -0.713. The monoisotopic (exact) mass is 327 g/mol. The lowest BCUT2D eigenvalue weighted by Gasteiger charge is -2.33. The van der Waals surface area contributed by atoms with Crippen molar-refractivity contribution in [3.05, 3.63) is 71.8 Å². The van der Waals surface area contributed by atoms with Crippen LogP contribution in [0.4, 0.5) is 0 Å². The first-order valence-corrected chi connectivity index (χ1v) is 8.36. The highest BCUT2D eigenvalue weighted by atomic mass is 16.5. The molecular weight excluding hydrogens is 302 g/mol. The van der Waals surface area contributed by atoms with E-state index in [-0.39, 0.29) is 18.6 Å². The Hall–Kier alpha value is -2.17. The number of hydrogen-bond acceptors (Lipinski definition) is 4. The molecule has 4 nitrogen and oxygen atoms in total. The number of carbonyl (C=O) groups is 1. The van der Waals surface area contributed by atoms with E-state index in [1.54, 1.807) is 24.3 Å². The smallest absolute Gasteiger partial charge is 0.338 e. The van der Waals surface area contributed by atoms with Gasteiger partial charge in [-0.05, 0) is 30.8 Å². The molecule has 0 saturated carbocycles. The fraction of sp³-hybridized carbons (Fsp3) is 0.350. The molecule has 2 aromatic rings. The maximum absolute atomic E-state index is 12.2. The van der Waals surface area contributed by atoms with Gasteiger partial charge in [0.05, 0.1) is 17.7 Å². The third kappa shape index (κ3) is 4.66. The molecule has 0 spiro atoms. The number of aliphatic hydroxyl groups is 1. The summed E-state index contributed by atoms with van der Waals surface area (Å²) < 4.78 is 5.48. The van der Waals surface area contributed by atoms with Gasteiger partial charge in [-0.1, -0.05) is 62.4 Å². The fourth-order valence-corrected chi connectivity index (χ4v) is 2.78. The summed E-state index contributed by atoms with van der Waals surface area (Å²) in [6.45, 7) is 5.76. The molecule has 4 heteroatoms. The van der Waals surface area contributed by atoms with Crippen LogP contribution in [0, 0.1) is 0 Å². The van der Waals surface area contributed by atoms with Crippen LogP contribution in [0.2, 0.25) is 0 Å². The Kier molecular flexibility index (Phi) is 6.97. The zero-order valence-corrected chi connectivity index (χ0v) is 14.3. The SMILES string of the molecule is CCN(CC)C(COC(=O)c1ccccc1)C(O)c1ccccc1. The van der Waals surface area contributed by atoms with Gasteiger partial charge < -0.3 is 9.84 Å². The van der Waals surface area contributed by atoms with Gasteiger partial charge in [-0.3, -0.25) is 4.90 Å². The normalized spacial score (nSPS) is 13.5. The van der Waals surface area contributed by atoms with Crippen molar-refractivity contribution in [3.8, 4) is 0 Å². The van der Waals surface area contributed by atoms with Crippen molar-refractivity contribution >= 4 is 5.97 Å².